The minimum Gasteiger partial charge on any atom is -0.379 e. The first-order valence-corrected chi connectivity index (χ1v) is 11.8. The van der Waals surface area contributed by atoms with Gasteiger partial charge in [0.1, 0.15) is 4.90 Å². The molecule has 0 unspecified atom stereocenters. The number of anilines is 1. The third kappa shape index (κ3) is 4.41. The zero-order valence-corrected chi connectivity index (χ0v) is 16.8. The molecule has 3 rings (SSSR count). The van der Waals surface area contributed by atoms with Crippen LogP contribution in [0, 0.1) is 0 Å². The maximum atomic E-state index is 12.9. The molecule has 150 valence electrons. The maximum absolute atomic E-state index is 12.9. The Kier molecular flexibility index (Phi) is 5.84. The Bertz CT molecular complexity index is 1070. The lowest BCUT2D eigenvalue weighted by atomic mass is 10.2. The summed E-state index contributed by atoms with van der Waals surface area (Å²) in [6.07, 6.45) is 1.08. The van der Waals surface area contributed by atoms with Crippen LogP contribution in [0.1, 0.15) is 10.4 Å². The largest absolute Gasteiger partial charge is 0.379 e. The van der Waals surface area contributed by atoms with E-state index >= 15 is 0 Å². The summed E-state index contributed by atoms with van der Waals surface area (Å²) >= 11 is 0. The number of carbonyl (C=O) groups excluding carboxylic acids is 1. The predicted octanol–water partition coefficient (Wildman–Crippen LogP) is 1.36. The van der Waals surface area contributed by atoms with Gasteiger partial charge in [-0.2, -0.15) is 4.31 Å². The van der Waals surface area contributed by atoms with Crippen LogP contribution < -0.4 is 5.32 Å². The van der Waals surface area contributed by atoms with Crippen LogP contribution >= 0.6 is 0 Å². The van der Waals surface area contributed by atoms with Gasteiger partial charge in [0.2, 0.25) is 10.0 Å². The molecule has 0 aromatic heterocycles. The van der Waals surface area contributed by atoms with Gasteiger partial charge in [-0.15, -0.1) is 0 Å². The SMILES string of the molecule is CS(=O)(=O)c1ccc(C(=O)Nc2ccccc2S(=O)(=O)N2CCOCC2)cc1. The normalized spacial score (nSPS) is 15.9. The number of ether oxygens (including phenoxy) is 1. The van der Waals surface area contributed by atoms with E-state index in [1.54, 1.807) is 12.1 Å². The van der Waals surface area contributed by atoms with Crippen LogP contribution in [0.2, 0.25) is 0 Å². The molecule has 2 aromatic carbocycles. The summed E-state index contributed by atoms with van der Waals surface area (Å²) in [5.74, 6) is -0.537. The number of hydrogen-bond donors (Lipinski definition) is 1. The van der Waals surface area contributed by atoms with Gasteiger partial charge in [0.05, 0.1) is 23.8 Å². The van der Waals surface area contributed by atoms with Crippen LogP contribution in [0.4, 0.5) is 5.69 Å². The lowest BCUT2D eigenvalue weighted by Crippen LogP contribution is -2.40. The Labute approximate surface area is 164 Å². The highest BCUT2D eigenvalue weighted by Crippen LogP contribution is 2.25. The van der Waals surface area contributed by atoms with Crippen molar-refractivity contribution in [2.75, 3.05) is 37.9 Å². The standard InChI is InChI=1S/C18H20N2O6S2/c1-27(22,23)15-8-6-14(7-9-15)18(21)19-16-4-2-3-5-17(16)28(24,25)20-10-12-26-13-11-20/h2-9H,10-13H2,1H3,(H,19,21). The molecular formula is C18H20N2O6S2. The zero-order valence-electron chi connectivity index (χ0n) is 15.2. The zero-order chi connectivity index (χ0) is 20.4. The van der Waals surface area contributed by atoms with Crippen LogP contribution in [0.25, 0.3) is 0 Å². The number of sulfone groups is 1. The summed E-state index contributed by atoms with van der Waals surface area (Å²) in [6, 6.07) is 11.6. The smallest absolute Gasteiger partial charge is 0.255 e. The lowest BCUT2D eigenvalue weighted by Gasteiger charge is -2.26. The summed E-state index contributed by atoms with van der Waals surface area (Å²) in [7, 11) is -7.16. The number of para-hydroxylation sites is 1. The molecule has 1 fully saturated rings. The summed E-state index contributed by atoms with van der Waals surface area (Å²) in [4.78, 5) is 12.6. The lowest BCUT2D eigenvalue weighted by molar-refractivity contribution is 0.0730. The molecule has 0 spiro atoms. The fourth-order valence-corrected chi connectivity index (χ4v) is 4.95. The molecule has 0 bridgehead atoms. The minimum atomic E-state index is -3.79. The third-order valence-electron chi connectivity index (χ3n) is 4.27. The van der Waals surface area contributed by atoms with Crippen LogP contribution in [-0.4, -0.2) is 59.6 Å². The number of benzene rings is 2. The van der Waals surface area contributed by atoms with Gasteiger partial charge in [0.15, 0.2) is 9.84 Å². The highest BCUT2D eigenvalue weighted by Gasteiger charge is 2.29. The van der Waals surface area contributed by atoms with Crippen molar-refractivity contribution in [3.8, 4) is 0 Å². The first kappa shape index (κ1) is 20.5. The Morgan fingerprint density at radius 2 is 1.57 bits per heavy atom. The second-order valence-corrected chi connectivity index (χ2v) is 10.2. The van der Waals surface area contributed by atoms with Gasteiger partial charge in [-0.05, 0) is 36.4 Å². The summed E-state index contributed by atoms with van der Waals surface area (Å²) < 4.78 is 55.4. The molecule has 1 saturated heterocycles. The molecule has 0 aliphatic carbocycles. The molecule has 8 nitrogen and oxygen atoms in total. The fourth-order valence-electron chi connectivity index (χ4n) is 2.77. The van der Waals surface area contributed by atoms with Crippen molar-refractivity contribution >= 4 is 31.5 Å². The number of rotatable bonds is 5. The Balaban J connectivity index is 1.86. The van der Waals surface area contributed by atoms with Gasteiger partial charge >= 0.3 is 0 Å². The van der Waals surface area contributed by atoms with Gasteiger partial charge in [0.25, 0.3) is 5.91 Å². The van der Waals surface area contributed by atoms with E-state index in [0.29, 0.717) is 13.2 Å². The van der Waals surface area contributed by atoms with E-state index in [9.17, 15) is 21.6 Å². The van der Waals surface area contributed by atoms with Gasteiger partial charge in [-0.25, -0.2) is 16.8 Å². The molecule has 1 amide bonds. The number of nitrogens with zero attached hydrogens (tertiary/aromatic N) is 1. The molecule has 1 heterocycles. The first-order chi connectivity index (χ1) is 13.2. The van der Waals surface area contributed by atoms with Gasteiger partial charge in [-0.3, -0.25) is 4.79 Å². The van der Waals surface area contributed by atoms with Crippen molar-refractivity contribution in [3.05, 3.63) is 54.1 Å². The fraction of sp³-hybridized carbons (Fsp3) is 0.278. The van der Waals surface area contributed by atoms with E-state index in [4.69, 9.17) is 4.74 Å². The van der Waals surface area contributed by atoms with Crippen molar-refractivity contribution in [1.29, 1.82) is 0 Å². The number of carbonyl (C=O) groups is 1. The third-order valence-corrected chi connectivity index (χ3v) is 7.35. The molecule has 1 aliphatic heterocycles. The van der Waals surface area contributed by atoms with E-state index in [0.717, 1.165) is 6.26 Å². The highest BCUT2D eigenvalue weighted by atomic mass is 32.2. The van der Waals surface area contributed by atoms with E-state index in [-0.39, 0.29) is 34.1 Å². The van der Waals surface area contributed by atoms with E-state index in [1.807, 2.05) is 0 Å². The number of amides is 1. The van der Waals surface area contributed by atoms with Crippen molar-refractivity contribution in [3.63, 3.8) is 0 Å². The molecule has 10 heteroatoms. The average Bonchev–Trinajstić information content (AvgIpc) is 2.68. The molecule has 0 saturated carbocycles. The number of morpholine rings is 1. The second-order valence-electron chi connectivity index (χ2n) is 6.26. The van der Waals surface area contributed by atoms with Crippen molar-refractivity contribution in [1.82, 2.24) is 4.31 Å². The number of sulfonamides is 1. The molecule has 2 aromatic rings. The van der Waals surface area contributed by atoms with Crippen molar-refractivity contribution in [2.24, 2.45) is 0 Å². The Morgan fingerprint density at radius 1 is 0.964 bits per heavy atom. The molecule has 1 N–H and O–H groups in total. The van der Waals surface area contributed by atoms with E-state index < -0.39 is 25.8 Å². The van der Waals surface area contributed by atoms with Crippen LogP contribution in [0.3, 0.4) is 0 Å². The van der Waals surface area contributed by atoms with Gasteiger partial charge < -0.3 is 10.1 Å². The molecule has 0 radical (unpaired) electrons. The first-order valence-electron chi connectivity index (χ1n) is 8.48. The summed E-state index contributed by atoms with van der Waals surface area (Å²) in [5.41, 5.74) is 0.372. The topological polar surface area (TPSA) is 110 Å². The quantitative estimate of drug-likeness (QED) is 0.776. The van der Waals surface area contributed by atoms with E-state index in [2.05, 4.69) is 5.32 Å². The predicted molar refractivity (Wildman–Crippen MR) is 104 cm³/mol. The summed E-state index contributed by atoms with van der Waals surface area (Å²) in [5, 5.41) is 2.60. The van der Waals surface area contributed by atoms with Gasteiger partial charge in [-0.1, -0.05) is 12.1 Å². The summed E-state index contributed by atoms with van der Waals surface area (Å²) in [6.45, 7) is 1.13. The molecular weight excluding hydrogens is 404 g/mol. The van der Waals surface area contributed by atoms with E-state index in [1.165, 1.54) is 40.7 Å². The van der Waals surface area contributed by atoms with Crippen LogP contribution in [0.15, 0.2) is 58.3 Å². The van der Waals surface area contributed by atoms with Crippen LogP contribution in [-0.2, 0) is 24.6 Å². The molecule has 28 heavy (non-hydrogen) atoms. The second kappa shape index (κ2) is 8.00. The van der Waals surface area contributed by atoms with Crippen molar-refractivity contribution < 1.29 is 26.4 Å². The van der Waals surface area contributed by atoms with Crippen LogP contribution in [0.5, 0.6) is 0 Å². The number of nitrogens with one attached hydrogen (secondary N) is 1. The highest BCUT2D eigenvalue weighted by molar-refractivity contribution is 7.90. The van der Waals surface area contributed by atoms with Gasteiger partial charge in [0, 0.05) is 24.9 Å². The Hall–Kier alpha value is -2.27. The number of hydrogen-bond acceptors (Lipinski definition) is 6. The monoisotopic (exact) mass is 424 g/mol. The minimum absolute atomic E-state index is 0.00185. The van der Waals surface area contributed by atoms with Crippen molar-refractivity contribution in [2.45, 2.75) is 9.79 Å². The maximum Gasteiger partial charge on any atom is 0.255 e. The average molecular weight is 425 g/mol. The molecule has 1 aliphatic rings. The molecule has 0 atom stereocenters. The Morgan fingerprint density at radius 3 is 2.18 bits per heavy atom.